The molecule has 0 aliphatic carbocycles. The molecule has 0 bridgehead atoms. The van der Waals surface area contributed by atoms with E-state index in [-0.39, 0.29) is 12.0 Å². The Morgan fingerprint density at radius 3 is 2.91 bits per heavy atom. The minimum atomic E-state index is -0.307. The lowest BCUT2D eigenvalue weighted by atomic mass is 10.2. The number of amides is 1. The van der Waals surface area contributed by atoms with Gasteiger partial charge >= 0.3 is 0 Å². The van der Waals surface area contributed by atoms with Crippen molar-refractivity contribution >= 4 is 11.6 Å². The Balaban J connectivity index is 1.51. The van der Waals surface area contributed by atoms with Crippen molar-refractivity contribution in [1.82, 2.24) is 5.32 Å². The Bertz CT molecular complexity index is 660. The van der Waals surface area contributed by atoms with Gasteiger partial charge < -0.3 is 19.8 Å². The van der Waals surface area contributed by atoms with Crippen molar-refractivity contribution in [2.24, 2.45) is 0 Å². The average molecular weight is 314 g/mol. The molecule has 1 unspecified atom stereocenters. The van der Waals surface area contributed by atoms with E-state index in [4.69, 9.17) is 9.15 Å². The van der Waals surface area contributed by atoms with Crippen molar-refractivity contribution in [2.75, 3.05) is 11.9 Å². The summed E-state index contributed by atoms with van der Waals surface area (Å²) in [5.41, 5.74) is 1.91. The van der Waals surface area contributed by atoms with Gasteiger partial charge in [-0.05, 0) is 49.6 Å². The van der Waals surface area contributed by atoms with Crippen molar-refractivity contribution in [3.05, 3.63) is 53.5 Å². The number of nitrogens with one attached hydrogen (secondary N) is 2. The molecule has 1 aromatic carbocycles. The molecule has 2 aromatic rings. The van der Waals surface area contributed by atoms with E-state index in [1.807, 2.05) is 43.3 Å². The average Bonchev–Trinajstić information content (AvgIpc) is 3.19. The number of ether oxygens (including phenoxy) is 1. The van der Waals surface area contributed by atoms with Crippen molar-refractivity contribution in [3.8, 4) is 0 Å². The van der Waals surface area contributed by atoms with Gasteiger partial charge in [-0.25, -0.2) is 0 Å². The van der Waals surface area contributed by atoms with Crippen LogP contribution >= 0.6 is 0 Å². The minimum Gasteiger partial charge on any atom is -0.465 e. The zero-order chi connectivity index (χ0) is 16.1. The topological polar surface area (TPSA) is 63.5 Å². The molecule has 1 aliphatic rings. The van der Waals surface area contributed by atoms with E-state index in [1.54, 1.807) is 0 Å². The smallest absolute Gasteiger partial charge is 0.253 e. The largest absolute Gasteiger partial charge is 0.465 e. The van der Waals surface area contributed by atoms with E-state index in [0.29, 0.717) is 19.7 Å². The van der Waals surface area contributed by atoms with Crippen LogP contribution in [0.1, 0.15) is 29.9 Å². The fourth-order valence-electron chi connectivity index (χ4n) is 2.68. The molecule has 1 aliphatic heterocycles. The van der Waals surface area contributed by atoms with Gasteiger partial charge in [0.05, 0.1) is 6.54 Å². The molecule has 1 amide bonds. The second-order valence-corrected chi connectivity index (χ2v) is 5.81. The number of aryl methyl sites for hydroxylation is 1. The molecular weight excluding hydrogens is 292 g/mol. The van der Waals surface area contributed by atoms with Gasteiger partial charge in [0.25, 0.3) is 5.91 Å². The molecule has 0 saturated carbocycles. The van der Waals surface area contributed by atoms with E-state index >= 15 is 0 Å². The van der Waals surface area contributed by atoms with Gasteiger partial charge in [0.15, 0.2) is 0 Å². The maximum atomic E-state index is 12.1. The second-order valence-electron chi connectivity index (χ2n) is 5.81. The van der Waals surface area contributed by atoms with Crippen LogP contribution in [0.25, 0.3) is 0 Å². The number of furan rings is 1. The highest BCUT2D eigenvalue weighted by molar-refractivity contribution is 5.94. The summed E-state index contributed by atoms with van der Waals surface area (Å²) in [7, 11) is 0. The zero-order valence-corrected chi connectivity index (χ0v) is 13.3. The standard InChI is InChI=1S/C18H22N2O3/c1-13-7-8-16(23-13)12-19-11-14-4-2-5-15(10-14)20-18(21)17-6-3-9-22-17/h2,4-5,7-8,10,17,19H,3,6,9,11-12H2,1H3,(H,20,21). The SMILES string of the molecule is Cc1ccc(CNCc2cccc(NC(=O)C3CCCO3)c2)o1. The van der Waals surface area contributed by atoms with Crippen LogP contribution in [0.3, 0.4) is 0 Å². The Hall–Kier alpha value is -2.11. The first-order valence-corrected chi connectivity index (χ1v) is 7.98. The first kappa shape index (κ1) is 15.8. The molecule has 2 N–H and O–H groups in total. The number of benzene rings is 1. The van der Waals surface area contributed by atoms with Crippen LogP contribution in [-0.2, 0) is 22.6 Å². The van der Waals surface area contributed by atoms with Crippen LogP contribution in [0.2, 0.25) is 0 Å². The molecule has 0 radical (unpaired) electrons. The molecular formula is C18H22N2O3. The molecule has 1 aromatic heterocycles. The fraction of sp³-hybridized carbons (Fsp3) is 0.389. The molecule has 2 heterocycles. The van der Waals surface area contributed by atoms with E-state index in [0.717, 1.165) is 35.6 Å². The van der Waals surface area contributed by atoms with Gasteiger partial charge in [-0.3, -0.25) is 4.79 Å². The van der Waals surface area contributed by atoms with Crippen LogP contribution in [-0.4, -0.2) is 18.6 Å². The zero-order valence-electron chi connectivity index (χ0n) is 13.3. The summed E-state index contributed by atoms with van der Waals surface area (Å²) in [4.78, 5) is 12.1. The van der Waals surface area contributed by atoms with Crippen LogP contribution < -0.4 is 10.6 Å². The van der Waals surface area contributed by atoms with E-state index in [1.165, 1.54) is 0 Å². The van der Waals surface area contributed by atoms with Gasteiger partial charge in [0, 0.05) is 18.8 Å². The third-order valence-corrected chi connectivity index (χ3v) is 3.84. The second kappa shape index (κ2) is 7.44. The lowest BCUT2D eigenvalue weighted by Crippen LogP contribution is -2.26. The maximum Gasteiger partial charge on any atom is 0.253 e. The highest BCUT2D eigenvalue weighted by atomic mass is 16.5. The predicted molar refractivity (Wildman–Crippen MR) is 88.0 cm³/mol. The number of rotatable bonds is 6. The van der Waals surface area contributed by atoms with Gasteiger partial charge in [-0.15, -0.1) is 0 Å². The quantitative estimate of drug-likeness (QED) is 0.860. The third-order valence-electron chi connectivity index (χ3n) is 3.84. The highest BCUT2D eigenvalue weighted by Gasteiger charge is 2.23. The molecule has 1 fully saturated rings. The van der Waals surface area contributed by atoms with Gasteiger partial charge in [0.1, 0.15) is 17.6 Å². The summed E-state index contributed by atoms with van der Waals surface area (Å²) in [6, 6.07) is 11.8. The van der Waals surface area contributed by atoms with Crippen molar-refractivity contribution < 1.29 is 13.9 Å². The third kappa shape index (κ3) is 4.43. The van der Waals surface area contributed by atoms with Gasteiger partial charge in [-0.1, -0.05) is 12.1 Å². The molecule has 0 spiro atoms. The summed E-state index contributed by atoms with van der Waals surface area (Å²) in [5.74, 6) is 1.78. The van der Waals surface area contributed by atoms with E-state index in [9.17, 15) is 4.79 Å². The number of anilines is 1. The molecule has 23 heavy (non-hydrogen) atoms. The van der Waals surface area contributed by atoms with E-state index < -0.39 is 0 Å². The number of hydrogen-bond donors (Lipinski definition) is 2. The summed E-state index contributed by atoms with van der Waals surface area (Å²) in [5, 5.41) is 6.26. The molecule has 1 saturated heterocycles. The number of hydrogen-bond acceptors (Lipinski definition) is 4. The lowest BCUT2D eigenvalue weighted by molar-refractivity contribution is -0.124. The summed E-state index contributed by atoms with van der Waals surface area (Å²) >= 11 is 0. The first-order chi connectivity index (χ1) is 11.2. The first-order valence-electron chi connectivity index (χ1n) is 7.98. The predicted octanol–water partition coefficient (Wildman–Crippen LogP) is 3.00. The van der Waals surface area contributed by atoms with E-state index in [2.05, 4.69) is 10.6 Å². The summed E-state index contributed by atoms with van der Waals surface area (Å²) in [6.07, 6.45) is 1.45. The lowest BCUT2D eigenvalue weighted by Gasteiger charge is -2.11. The summed E-state index contributed by atoms with van der Waals surface area (Å²) in [6.45, 7) is 4.00. The Labute approximate surface area is 136 Å². The van der Waals surface area contributed by atoms with Crippen molar-refractivity contribution in [3.63, 3.8) is 0 Å². The Morgan fingerprint density at radius 2 is 2.17 bits per heavy atom. The van der Waals surface area contributed by atoms with Crippen molar-refractivity contribution in [2.45, 2.75) is 39.0 Å². The highest BCUT2D eigenvalue weighted by Crippen LogP contribution is 2.16. The number of carbonyl (C=O) groups excluding carboxylic acids is 1. The minimum absolute atomic E-state index is 0.0568. The molecule has 5 nitrogen and oxygen atoms in total. The fourth-order valence-corrected chi connectivity index (χ4v) is 2.68. The number of carbonyl (C=O) groups is 1. The monoisotopic (exact) mass is 314 g/mol. The van der Waals surface area contributed by atoms with Crippen LogP contribution in [0.4, 0.5) is 5.69 Å². The molecule has 122 valence electrons. The van der Waals surface area contributed by atoms with Crippen LogP contribution in [0.5, 0.6) is 0 Å². The van der Waals surface area contributed by atoms with Crippen molar-refractivity contribution in [1.29, 1.82) is 0 Å². The normalized spacial score (nSPS) is 17.3. The molecule has 3 rings (SSSR count). The Kier molecular flexibility index (Phi) is 5.10. The molecule has 5 heteroatoms. The molecule has 1 atom stereocenters. The van der Waals surface area contributed by atoms with Gasteiger partial charge in [0.2, 0.25) is 0 Å². The van der Waals surface area contributed by atoms with Crippen LogP contribution in [0, 0.1) is 6.92 Å². The van der Waals surface area contributed by atoms with Crippen LogP contribution in [0.15, 0.2) is 40.8 Å². The van der Waals surface area contributed by atoms with Gasteiger partial charge in [-0.2, -0.15) is 0 Å². The summed E-state index contributed by atoms with van der Waals surface area (Å²) < 4.78 is 10.9. The maximum absolute atomic E-state index is 12.1. The Morgan fingerprint density at radius 1 is 1.26 bits per heavy atom.